The number of thiophene rings is 1. The van der Waals surface area contributed by atoms with Gasteiger partial charge >= 0.3 is 0 Å². The number of para-hydroxylation sites is 1. The first-order chi connectivity index (χ1) is 17.3. The Labute approximate surface area is 217 Å². The smallest absolute Gasteiger partial charge is 0.267 e. The Morgan fingerprint density at radius 1 is 1.14 bits per heavy atom. The molecule has 0 radical (unpaired) electrons. The number of aryl methyl sites for hydroxylation is 2. The fourth-order valence-electron chi connectivity index (χ4n) is 4.47. The van der Waals surface area contributed by atoms with E-state index in [1.807, 2.05) is 62.4 Å². The minimum absolute atomic E-state index is 0.0271. The lowest BCUT2D eigenvalue weighted by atomic mass is 10.1. The quantitative estimate of drug-likeness (QED) is 0.306. The van der Waals surface area contributed by atoms with E-state index in [0.717, 1.165) is 32.9 Å². The molecule has 5 rings (SSSR count). The number of thioether (sulfide) groups is 1. The number of aromatic nitrogens is 2. The minimum Gasteiger partial charge on any atom is -0.337 e. The third-order valence-electron chi connectivity index (χ3n) is 6.28. The Balaban J connectivity index is 1.54. The Morgan fingerprint density at radius 2 is 1.94 bits per heavy atom. The van der Waals surface area contributed by atoms with Crippen LogP contribution in [0.4, 0.5) is 5.69 Å². The highest BCUT2D eigenvalue weighted by atomic mass is 32.2. The van der Waals surface area contributed by atoms with Crippen LogP contribution in [0.3, 0.4) is 0 Å². The van der Waals surface area contributed by atoms with Crippen LogP contribution in [-0.4, -0.2) is 38.6 Å². The summed E-state index contributed by atoms with van der Waals surface area (Å²) in [4.78, 5) is 47.0. The van der Waals surface area contributed by atoms with Crippen molar-refractivity contribution < 1.29 is 9.59 Å². The fourth-order valence-corrected chi connectivity index (χ4v) is 6.55. The summed E-state index contributed by atoms with van der Waals surface area (Å²) in [6.07, 6.45) is 0.630. The lowest BCUT2D eigenvalue weighted by Gasteiger charge is -2.25. The molecule has 0 aliphatic carbocycles. The molecular weight excluding hydrogens is 492 g/mol. The summed E-state index contributed by atoms with van der Waals surface area (Å²) in [5.74, 6) is -0.0286. The number of rotatable bonds is 5. The van der Waals surface area contributed by atoms with E-state index in [4.69, 9.17) is 4.98 Å². The second-order valence-electron chi connectivity index (χ2n) is 8.90. The minimum atomic E-state index is -0.168. The number of amides is 2. The van der Waals surface area contributed by atoms with Gasteiger partial charge in [-0.15, -0.1) is 11.3 Å². The third kappa shape index (κ3) is 4.68. The summed E-state index contributed by atoms with van der Waals surface area (Å²) in [5.41, 5.74) is 4.34. The van der Waals surface area contributed by atoms with Crippen molar-refractivity contribution in [2.24, 2.45) is 0 Å². The Hall–Kier alpha value is -3.43. The number of hydrogen-bond donors (Lipinski definition) is 1. The molecule has 0 saturated carbocycles. The van der Waals surface area contributed by atoms with Crippen LogP contribution in [-0.2, 0) is 22.6 Å². The molecule has 1 N–H and O–H groups in total. The summed E-state index contributed by atoms with van der Waals surface area (Å²) >= 11 is 2.71. The number of carbonyl (C=O) groups is 2. The molecule has 0 unspecified atom stereocenters. The van der Waals surface area contributed by atoms with Gasteiger partial charge in [0.25, 0.3) is 5.56 Å². The normalized spacial score (nSPS) is 13.0. The highest BCUT2D eigenvalue weighted by molar-refractivity contribution is 7.99. The zero-order chi connectivity index (χ0) is 25.4. The molecule has 0 spiro atoms. The molecule has 0 saturated heterocycles. The van der Waals surface area contributed by atoms with Crippen LogP contribution in [0, 0.1) is 13.8 Å². The van der Waals surface area contributed by atoms with E-state index in [9.17, 15) is 14.4 Å². The van der Waals surface area contributed by atoms with Crippen LogP contribution in [0.25, 0.3) is 15.9 Å². The lowest BCUT2D eigenvalue weighted by Crippen LogP contribution is -2.34. The molecule has 0 atom stereocenters. The molecule has 2 aromatic heterocycles. The van der Waals surface area contributed by atoms with E-state index in [-0.39, 0.29) is 23.1 Å². The highest BCUT2D eigenvalue weighted by Gasteiger charge is 2.27. The van der Waals surface area contributed by atoms with Crippen molar-refractivity contribution in [3.8, 4) is 5.69 Å². The maximum atomic E-state index is 14.0. The standard InChI is InChI=1S/C27H26N4O3S2/c1-16-7-6-9-19(13-16)28-23(33)15-35-27-29-25-24(20-11-12-30(18(3)32)14-22(20)36-25)26(34)31(27)21-10-5-4-8-17(21)2/h4-10,13H,11-12,14-15H2,1-3H3,(H,28,33). The zero-order valence-corrected chi connectivity index (χ0v) is 22.0. The number of fused-ring (bicyclic) bond motifs is 3. The fraction of sp³-hybridized carbons (Fsp3) is 0.259. The molecule has 2 aromatic carbocycles. The van der Waals surface area contributed by atoms with Gasteiger partial charge in [-0.1, -0.05) is 42.1 Å². The molecule has 7 nitrogen and oxygen atoms in total. The van der Waals surface area contributed by atoms with Crippen molar-refractivity contribution in [1.82, 2.24) is 14.5 Å². The second kappa shape index (κ2) is 9.91. The second-order valence-corrected chi connectivity index (χ2v) is 10.9. The van der Waals surface area contributed by atoms with Crippen molar-refractivity contribution in [3.63, 3.8) is 0 Å². The van der Waals surface area contributed by atoms with Gasteiger partial charge in [-0.05, 0) is 55.2 Å². The average molecular weight is 519 g/mol. The van der Waals surface area contributed by atoms with Gasteiger partial charge in [-0.3, -0.25) is 19.0 Å². The molecule has 9 heteroatoms. The van der Waals surface area contributed by atoms with Crippen LogP contribution in [0.5, 0.6) is 0 Å². The van der Waals surface area contributed by atoms with Crippen molar-refractivity contribution >= 4 is 50.8 Å². The number of hydrogen-bond acceptors (Lipinski definition) is 6. The lowest BCUT2D eigenvalue weighted by molar-refractivity contribution is -0.129. The molecule has 0 bridgehead atoms. The Morgan fingerprint density at radius 3 is 2.69 bits per heavy atom. The van der Waals surface area contributed by atoms with Gasteiger partial charge in [0.05, 0.1) is 23.4 Å². The average Bonchev–Trinajstić information content (AvgIpc) is 3.21. The molecule has 0 fully saturated rings. The predicted molar refractivity (Wildman–Crippen MR) is 145 cm³/mol. The number of nitrogens with one attached hydrogen (secondary N) is 1. The summed E-state index contributed by atoms with van der Waals surface area (Å²) in [6, 6.07) is 15.3. The van der Waals surface area contributed by atoms with Crippen LogP contribution in [0.2, 0.25) is 0 Å². The van der Waals surface area contributed by atoms with Gasteiger partial charge in [0, 0.05) is 24.0 Å². The van der Waals surface area contributed by atoms with Gasteiger partial charge in [-0.25, -0.2) is 4.98 Å². The number of carbonyl (C=O) groups excluding carboxylic acids is 2. The first kappa shape index (κ1) is 24.3. The number of anilines is 1. The van der Waals surface area contributed by atoms with E-state index >= 15 is 0 Å². The van der Waals surface area contributed by atoms with E-state index in [2.05, 4.69) is 5.32 Å². The first-order valence-corrected chi connectivity index (χ1v) is 13.5. The topological polar surface area (TPSA) is 84.3 Å². The summed E-state index contributed by atoms with van der Waals surface area (Å²) < 4.78 is 1.63. The zero-order valence-electron chi connectivity index (χ0n) is 20.3. The Bertz CT molecular complexity index is 1560. The Kier molecular flexibility index (Phi) is 6.68. The number of nitrogens with zero attached hydrogens (tertiary/aromatic N) is 3. The predicted octanol–water partition coefficient (Wildman–Crippen LogP) is 4.70. The van der Waals surface area contributed by atoms with Crippen LogP contribution in [0.1, 0.15) is 28.5 Å². The molecule has 1 aliphatic rings. The van der Waals surface area contributed by atoms with Crippen LogP contribution < -0.4 is 10.9 Å². The first-order valence-electron chi connectivity index (χ1n) is 11.7. The van der Waals surface area contributed by atoms with Crippen molar-refractivity contribution in [2.45, 2.75) is 38.9 Å². The van der Waals surface area contributed by atoms with Gasteiger partial charge in [0.2, 0.25) is 11.8 Å². The summed E-state index contributed by atoms with van der Waals surface area (Å²) in [6.45, 7) is 6.59. The molecule has 1 aliphatic heterocycles. The largest absolute Gasteiger partial charge is 0.337 e. The van der Waals surface area contributed by atoms with Crippen molar-refractivity contribution in [1.29, 1.82) is 0 Å². The number of benzene rings is 2. The van der Waals surface area contributed by atoms with Gasteiger partial charge in [0.1, 0.15) is 4.83 Å². The monoisotopic (exact) mass is 518 g/mol. The van der Waals surface area contributed by atoms with E-state index in [1.165, 1.54) is 23.1 Å². The summed E-state index contributed by atoms with van der Waals surface area (Å²) in [7, 11) is 0. The van der Waals surface area contributed by atoms with E-state index < -0.39 is 0 Å². The third-order valence-corrected chi connectivity index (χ3v) is 8.33. The molecule has 4 aromatic rings. The van der Waals surface area contributed by atoms with Gasteiger partial charge < -0.3 is 10.2 Å². The molecule has 184 valence electrons. The van der Waals surface area contributed by atoms with Gasteiger partial charge in [0.15, 0.2) is 5.16 Å². The van der Waals surface area contributed by atoms with Crippen LogP contribution in [0.15, 0.2) is 58.5 Å². The van der Waals surface area contributed by atoms with Crippen LogP contribution >= 0.6 is 23.1 Å². The SMILES string of the molecule is CC(=O)N1CCc2c(sc3nc(SCC(=O)Nc4cccc(C)c4)n(-c4ccccc4C)c(=O)c23)C1. The molecule has 2 amide bonds. The van der Waals surface area contributed by atoms with E-state index in [0.29, 0.717) is 34.9 Å². The maximum absolute atomic E-state index is 14.0. The van der Waals surface area contributed by atoms with Crippen molar-refractivity contribution in [2.75, 3.05) is 17.6 Å². The maximum Gasteiger partial charge on any atom is 0.267 e. The molecular formula is C27H26N4O3S2. The molecule has 3 heterocycles. The van der Waals surface area contributed by atoms with Gasteiger partial charge in [-0.2, -0.15) is 0 Å². The van der Waals surface area contributed by atoms with E-state index in [1.54, 1.807) is 16.4 Å². The highest BCUT2D eigenvalue weighted by Crippen LogP contribution is 2.34. The van der Waals surface area contributed by atoms with Crippen molar-refractivity contribution in [3.05, 3.63) is 80.5 Å². The summed E-state index contributed by atoms with van der Waals surface area (Å²) in [5, 5.41) is 4.02. The molecule has 36 heavy (non-hydrogen) atoms.